The summed E-state index contributed by atoms with van der Waals surface area (Å²) >= 11 is 1.34. The first-order valence-electron chi connectivity index (χ1n) is 10.5. The number of hydrogen-bond acceptors (Lipinski definition) is 5. The SMILES string of the molecule is C=CCN(C(=O)C(c1cccs1)N(C(=O)/C=C\C(=O)O)c1ccc(CCO)cc1)C(C)(C)C. The van der Waals surface area contributed by atoms with E-state index in [4.69, 9.17) is 5.11 Å². The first kappa shape index (κ1) is 26.0. The molecule has 0 radical (unpaired) electrons. The van der Waals surface area contributed by atoms with Crippen LogP contribution in [0.1, 0.15) is 37.3 Å². The summed E-state index contributed by atoms with van der Waals surface area (Å²) in [4.78, 5) is 41.9. The van der Waals surface area contributed by atoms with E-state index in [-0.39, 0.29) is 19.1 Å². The van der Waals surface area contributed by atoms with Gasteiger partial charge in [0.25, 0.3) is 11.8 Å². The standard InChI is InChI=1S/C25H30N2O5S/c1-5-15-26(25(2,3)4)24(32)23(20-7-6-17-33-20)27(21(29)12-13-22(30)31)19-10-8-18(9-11-19)14-16-28/h5-13,17,23,28H,1,14-16H2,2-4H3,(H,30,31)/b13-12-. The third-order valence-electron chi connectivity index (χ3n) is 4.91. The summed E-state index contributed by atoms with van der Waals surface area (Å²) in [6.45, 7) is 9.74. The fourth-order valence-electron chi connectivity index (χ4n) is 3.36. The maximum atomic E-state index is 13.9. The van der Waals surface area contributed by atoms with Gasteiger partial charge in [0.1, 0.15) is 0 Å². The van der Waals surface area contributed by atoms with Crippen LogP contribution in [0.25, 0.3) is 0 Å². The van der Waals surface area contributed by atoms with Crippen molar-refractivity contribution < 1.29 is 24.6 Å². The maximum Gasteiger partial charge on any atom is 0.328 e. The van der Waals surface area contributed by atoms with Crippen molar-refractivity contribution >= 4 is 34.8 Å². The van der Waals surface area contributed by atoms with Crippen LogP contribution in [0.2, 0.25) is 0 Å². The molecule has 2 amide bonds. The molecule has 1 aromatic carbocycles. The Kier molecular flexibility index (Phi) is 9.13. The molecule has 0 aliphatic carbocycles. The van der Waals surface area contributed by atoms with Gasteiger partial charge in [-0.05, 0) is 56.3 Å². The highest BCUT2D eigenvalue weighted by Gasteiger charge is 2.38. The van der Waals surface area contributed by atoms with Crippen molar-refractivity contribution in [2.75, 3.05) is 18.1 Å². The first-order chi connectivity index (χ1) is 15.6. The third kappa shape index (κ3) is 6.87. The minimum absolute atomic E-state index is 0.0122. The Hall–Kier alpha value is -3.23. The number of anilines is 1. The van der Waals surface area contributed by atoms with Crippen LogP contribution >= 0.6 is 11.3 Å². The second-order valence-electron chi connectivity index (χ2n) is 8.35. The number of aliphatic hydroxyl groups is 1. The zero-order valence-electron chi connectivity index (χ0n) is 19.1. The molecule has 0 aliphatic rings. The van der Waals surface area contributed by atoms with E-state index in [1.165, 1.54) is 16.2 Å². The lowest BCUT2D eigenvalue weighted by Crippen LogP contribution is -2.52. The molecule has 0 spiro atoms. The largest absolute Gasteiger partial charge is 0.478 e. The van der Waals surface area contributed by atoms with Crippen LogP contribution in [0.3, 0.4) is 0 Å². The number of carboxylic acid groups (broad SMARTS) is 1. The number of benzene rings is 1. The van der Waals surface area contributed by atoms with Gasteiger partial charge >= 0.3 is 5.97 Å². The second-order valence-corrected chi connectivity index (χ2v) is 9.33. The maximum absolute atomic E-state index is 13.9. The molecule has 0 fully saturated rings. The molecule has 0 saturated heterocycles. The topological polar surface area (TPSA) is 98.2 Å². The molecule has 2 rings (SSSR count). The normalized spacial score (nSPS) is 12.4. The fraction of sp³-hybridized carbons (Fsp3) is 0.320. The number of rotatable bonds is 10. The van der Waals surface area contributed by atoms with Crippen molar-refractivity contribution in [1.82, 2.24) is 4.90 Å². The van der Waals surface area contributed by atoms with E-state index in [9.17, 15) is 19.5 Å². The van der Waals surface area contributed by atoms with E-state index in [2.05, 4.69) is 6.58 Å². The Morgan fingerprint density at radius 3 is 2.27 bits per heavy atom. The van der Waals surface area contributed by atoms with Crippen LogP contribution in [0.5, 0.6) is 0 Å². The molecular formula is C25H30N2O5S. The Labute approximate surface area is 198 Å². The van der Waals surface area contributed by atoms with E-state index in [0.717, 1.165) is 17.7 Å². The van der Waals surface area contributed by atoms with Crippen molar-refractivity contribution in [2.45, 2.75) is 38.8 Å². The van der Waals surface area contributed by atoms with Gasteiger partial charge in [-0.25, -0.2) is 4.79 Å². The quantitative estimate of drug-likeness (QED) is 0.406. The van der Waals surface area contributed by atoms with Crippen molar-refractivity contribution in [3.63, 3.8) is 0 Å². The van der Waals surface area contributed by atoms with E-state index >= 15 is 0 Å². The van der Waals surface area contributed by atoms with Crippen molar-refractivity contribution in [3.8, 4) is 0 Å². The highest BCUT2D eigenvalue weighted by molar-refractivity contribution is 7.10. The minimum Gasteiger partial charge on any atom is -0.478 e. The van der Waals surface area contributed by atoms with Crippen molar-refractivity contribution in [2.24, 2.45) is 0 Å². The highest BCUT2D eigenvalue weighted by atomic mass is 32.1. The predicted molar refractivity (Wildman–Crippen MR) is 130 cm³/mol. The Morgan fingerprint density at radius 1 is 1.12 bits per heavy atom. The molecular weight excluding hydrogens is 440 g/mol. The van der Waals surface area contributed by atoms with Crippen molar-refractivity contribution in [1.29, 1.82) is 0 Å². The summed E-state index contributed by atoms with van der Waals surface area (Å²) in [5.41, 5.74) is 0.768. The molecule has 0 bridgehead atoms. The molecule has 7 nitrogen and oxygen atoms in total. The number of amides is 2. The number of carboxylic acids is 1. The molecule has 1 heterocycles. The van der Waals surface area contributed by atoms with Gasteiger partial charge in [0, 0.05) is 41.4 Å². The van der Waals surface area contributed by atoms with E-state index < -0.39 is 23.5 Å². The molecule has 2 N–H and O–H groups in total. The van der Waals surface area contributed by atoms with Gasteiger partial charge in [-0.2, -0.15) is 0 Å². The number of hydrogen-bond donors (Lipinski definition) is 2. The summed E-state index contributed by atoms with van der Waals surface area (Å²) in [7, 11) is 0. The number of aliphatic hydroxyl groups excluding tert-OH is 1. The minimum atomic E-state index is -1.26. The van der Waals surface area contributed by atoms with Crippen LogP contribution in [-0.4, -0.2) is 51.6 Å². The summed E-state index contributed by atoms with van der Waals surface area (Å²) in [6, 6.07) is 9.51. The summed E-state index contributed by atoms with van der Waals surface area (Å²) < 4.78 is 0. The number of carbonyl (C=O) groups is 3. The van der Waals surface area contributed by atoms with Gasteiger partial charge in [0.15, 0.2) is 6.04 Å². The van der Waals surface area contributed by atoms with Gasteiger partial charge < -0.3 is 15.1 Å². The summed E-state index contributed by atoms with van der Waals surface area (Å²) in [5.74, 6) is -2.20. The number of nitrogens with zero attached hydrogens (tertiary/aromatic N) is 2. The molecule has 8 heteroatoms. The van der Waals surface area contributed by atoms with Crippen LogP contribution in [-0.2, 0) is 20.8 Å². The molecule has 0 saturated carbocycles. The lowest BCUT2D eigenvalue weighted by atomic mass is 10.0. The smallest absolute Gasteiger partial charge is 0.328 e. The van der Waals surface area contributed by atoms with Crippen LogP contribution in [0.4, 0.5) is 5.69 Å². The Bertz CT molecular complexity index is 991. The Morgan fingerprint density at radius 2 is 1.79 bits per heavy atom. The average Bonchev–Trinajstić information content (AvgIpc) is 3.28. The zero-order chi connectivity index (χ0) is 24.6. The van der Waals surface area contributed by atoms with Crippen molar-refractivity contribution in [3.05, 3.63) is 77.0 Å². The molecule has 1 atom stereocenters. The number of aliphatic carboxylic acids is 1. The van der Waals surface area contributed by atoms with E-state index in [1.807, 2.05) is 26.2 Å². The van der Waals surface area contributed by atoms with Crippen LogP contribution in [0, 0.1) is 0 Å². The van der Waals surface area contributed by atoms with Gasteiger partial charge in [-0.1, -0.05) is 24.3 Å². The Balaban J connectivity index is 2.66. The highest BCUT2D eigenvalue weighted by Crippen LogP contribution is 2.34. The van der Waals surface area contributed by atoms with E-state index in [1.54, 1.807) is 47.4 Å². The monoisotopic (exact) mass is 470 g/mol. The van der Waals surface area contributed by atoms with Gasteiger partial charge in [0.05, 0.1) is 0 Å². The van der Waals surface area contributed by atoms with Crippen LogP contribution < -0.4 is 4.90 Å². The van der Waals surface area contributed by atoms with Crippen LogP contribution in [0.15, 0.2) is 66.6 Å². The zero-order valence-corrected chi connectivity index (χ0v) is 19.9. The molecule has 2 aromatic rings. The predicted octanol–water partition coefficient (Wildman–Crippen LogP) is 3.81. The molecule has 1 aromatic heterocycles. The van der Waals surface area contributed by atoms with E-state index in [0.29, 0.717) is 17.0 Å². The number of thiophene rings is 1. The average molecular weight is 471 g/mol. The lowest BCUT2D eigenvalue weighted by molar-refractivity contribution is -0.138. The first-order valence-corrected chi connectivity index (χ1v) is 11.4. The summed E-state index contributed by atoms with van der Waals surface area (Å²) in [5, 5.41) is 20.1. The fourth-order valence-corrected chi connectivity index (χ4v) is 4.16. The van der Waals surface area contributed by atoms with Gasteiger partial charge in [0.2, 0.25) is 0 Å². The second kappa shape index (κ2) is 11.6. The van der Waals surface area contributed by atoms with Gasteiger partial charge in [-0.3, -0.25) is 14.5 Å². The molecule has 33 heavy (non-hydrogen) atoms. The molecule has 176 valence electrons. The summed E-state index contributed by atoms with van der Waals surface area (Å²) in [6.07, 6.45) is 3.80. The lowest BCUT2D eigenvalue weighted by Gasteiger charge is -2.40. The number of carbonyl (C=O) groups excluding carboxylic acids is 2. The third-order valence-corrected chi connectivity index (χ3v) is 5.84. The van der Waals surface area contributed by atoms with Gasteiger partial charge in [-0.15, -0.1) is 17.9 Å². The molecule has 0 aliphatic heterocycles. The molecule has 1 unspecified atom stereocenters.